The maximum atomic E-state index is 13.5. The van der Waals surface area contributed by atoms with Crippen LogP contribution in [-0.4, -0.2) is 29.8 Å². The topological polar surface area (TPSA) is 89.4 Å². The summed E-state index contributed by atoms with van der Waals surface area (Å²) in [6.07, 6.45) is 0. The normalized spacial score (nSPS) is 10.2. The highest BCUT2D eigenvalue weighted by Gasteiger charge is 2.21. The lowest BCUT2D eigenvalue weighted by atomic mass is 10.1. The maximum absolute atomic E-state index is 13.5. The van der Waals surface area contributed by atoms with Crippen LogP contribution in [0.4, 0.5) is 14.5 Å². The summed E-state index contributed by atoms with van der Waals surface area (Å²) in [5.41, 5.74) is 9.50. The van der Waals surface area contributed by atoms with Crippen LogP contribution < -0.4 is 11.5 Å². The van der Waals surface area contributed by atoms with Crippen LogP contribution in [-0.2, 0) is 4.79 Å². The highest BCUT2D eigenvalue weighted by molar-refractivity contribution is 5.97. The van der Waals surface area contributed by atoms with Gasteiger partial charge in [-0.1, -0.05) is 0 Å². The number of rotatable bonds is 4. The molecule has 1 aromatic carbocycles. The molecule has 0 aliphatic carbocycles. The first-order valence-corrected chi connectivity index (χ1v) is 5.18. The number of carbonyl (C=O) groups is 2. The van der Waals surface area contributed by atoms with Gasteiger partial charge in [0.2, 0.25) is 5.91 Å². The van der Waals surface area contributed by atoms with Crippen molar-refractivity contribution < 1.29 is 18.4 Å². The smallest absolute Gasteiger partial charge is 0.257 e. The van der Waals surface area contributed by atoms with Gasteiger partial charge in [-0.05, 0) is 13.0 Å². The fourth-order valence-electron chi connectivity index (χ4n) is 1.42. The lowest BCUT2D eigenvalue weighted by molar-refractivity contribution is -0.118. The number of nitrogens with two attached hydrogens (primary N) is 2. The highest BCUT2D eigenvalue weighted by Crippen LogP contribution is 2.18. The molecule has 0 atom stereocenters. The first kappa shape index (κ1) is 13.9. The fourth-order valence-corrected chi connectivity index (χ4v) is 1.42. The van der Waals surface area contributed by atoms with E-state index >= 15 is 0 Å². The molecule has 0 bridgehead atoms. The van der Waals surface area contributed by atoms with E-state index in [1.807, 2.05) is 0 Å². The molecule has 5 nitrogen and oxygen atoms in total. The third-order valence-corrected chi connectivity index (χ3v) is 2.33. The van der Waals surface area contributed by atoms with E-state index in [2.05, 4.69) is 0 Å². The van der Waals surface area contributed by atoms with Gasteiger partial charge >= 0.3 is 0 Å². The Morgan fingerprint density at radius 1 is 1.28 bits per heavy atom. The Morgan fingerprint density at radius 2 is 1.89 bits per heavy atom. The number of likely N-dealkylation sites (N-methyl/N-ethyl adjacent to an activating group) is 1. The largest absolute Gasteiger partial charge is 0.396 e. The lowest BCUT2D eigenvalue weighted by Crippen LogP contribution is -2.38. The van der Waals surface area contributed by atoms with Crippen LogP contribution >= 0.6 is 0 Å². The molecule has 0 aromatic heterocycles. The van der Waals surface area contributed by atoms with Gasteiger partial charge in [0.15, 0.2) is 0 Å². The number of hydrogen-bond donors (Lipinski definition) is 2. The third kappa shape index (κ3) is 2.93. The van der Waals surface area contributed by atoms with Crippen molar-refractivity contribution >= 4 is 17.5 Å². The van der Waals surface area contributed by atoms with Crippen LogP contribution in [0.2, 0.25) is 0 Å². The van der Waals surface area contributed by atoms with Gasteiger partial charge in [-0.25, -0.2) is 8.78 Å². The van der Waals surface area contributed by atoms with E-state index in [1.165, 1.54) is 0 Å². The van der Waals surface area contributed by atoms with Gasteiger partial charge in [-0.15, -0.1) is 0 Å². The van der Waals surface area contributed by atoms with Gasteiger partial charge in [0.05, 0.1) is 17.8 Å². The molecule has 98 valence electrons. The average Bonchev–Trinajstić information content (AvgIpc) is 2.29. The van der Waals surface area contributed by atoms with Crippen LogP contribution in [0.3, 0.4) is 0 Å². The Labute approximate surface area is 102 Å². The van der Waals surface area contributed by atoms with Crippen molar-refractivity contribution in [2.24, 2.45) is 5.73 Å². The number of halogens is 2. The Balaban J connectivity index is 3.09. The van der Waals surface area contributed by atoms with E-state index in [1.54, 1.807) is 6.92 Å². The van der Waals surface area contributed by atoms with Crippen LogP contribution in [0.1, 0.15) is 17.3 Å². The van der Waals surface area contributed by atoms with Crippen molar-refractivity contribution in [2.45, 2.75) is 6.92 Å². The van der Waals surface area contributed by atoms with Crippen molar-refractivity contribution in [2.75, 3.05) is 18.8 Å². The Bertz CT molecular complexity index is 491. The second-order valence-electron chi connectivity index (χ2n) is 3.64. The van der Waals surface area contributed by atoms with Gasteiger partial charge in [-0.2, -0.15) is 0 Å². The van der Waals surface area contributed by atoms with E-state index < -0.39 is 29.0 Å². The second-order valence-corrected chi connectivity index (χ2v) is 3.64. The summed E-state index contributed by atoms with van der Waals surface area (Å²) in [6.45, 7) is 1.43. The Hall–Kier alpha value is -2.18. The number of nitrogen functional groups attached to an aromatic ring is 1. The van der Waals surface area contributed by atoms with Crippen LogP contribution in [0, 0.1) is 11.6 Å². The maximum Gasteiger partial charge on any atom is 0.257 e. The SMILES string of the molecule is CCN(CC(N)=O)C(=O)c1cc(N)c(F)cc1F. The fraction of sp³-hybridized carbons (Fsp3) is 0.273. The van der Waals surface area contributed by atoms with Crippen molar-refractivity contribution in [3.05, 3.63) is 29.3 Å². The molecule has 1 aromatic rings. The van der Waals surface area contributed by atoms with E-state index in [0.717, 1.165) is 11.0 Å². The first-order chi connectivity index (χ1) is 8.36. The minimum Gasteiger partial charge on any atom is -0.396 e. The first-order valence-electron chi connectivity index (χ1n) is 5.18. The third-order valence-electron chi connectivity index (χ3n) is 2.33. The zero-order chi connectivity index (χ0) is 13.9. The van der Waals surface area contributed by atoms with E-state index in [-0.39, 0.29) is 18.8 Å². The highest BCUT2D eigenvalue weighted by atomic mass is 19.1. The zero-order valence-electron chi connectivity index (χ0n) is 9.74. The number of amides is 2. The summed E-state index contributed by atoms with van der Waals surface area (Å²) in [5.74, 6) is -3.46. The zero-order valence-corrected chi connectivity index (χ0v) is 9.74. The standard InChI is InChI=1S/C11H13F2N3O2/c1-2-16(5-10(15)17)11(18)6-3-9(14)8(13)4-7(6)12/h3-4H,2,5,14H2,1H3,(H2,15,17). The van der Waals surface area contributed by atoms with Gasteiger partial charge in [0, 0.05) is 12.6 Å². The molecule has 0 aliphatic rings. The molecular formula is C11H13F2N3O2. The number of primary amides is 1. The molecular weight excluding hydrogens is 244 g/mol. The predicted octanol–water partition coefficient (Wildman–Crippen LogP) is 0.494. The average molecular weight is 257 g/mol. The number of nitrogens with zero attached hydrogens (tertiary/aromatic N) is 1. The predicted molar refractivity (Wildman–Crippen MR) is 61.5 cm³/mol. The molecule has 0 saturated carbocycles. The molecule has 0 spiro atoms. The summed E-state index contributed by atoms with van der Waals surface area (Å²) < 4.78 is 26.4. The number of anilines is 1. The molecule has 0 radical (unpaired) electrons. The second kappa shape index (κ2) is 5.44. The van der Waals surface area contributed by atoms with E-state index in [4.69, 9.17) is 11.5 Å². The minimum atomic E-state index is -1.03. The molecule has 0 heterocycles. The van der Waals surface area contributed by atoms with Gasteiger partial charge < -0.3 is 16.4 Å². The molecule has 0 unspecified atom stereocenters. The lowest BCUT2D eigenvalue weighted by Gasteiger charge is -2.19. The molecule has 7 heteroatoms. The van der Waals surface area contributed by atoms with Crippen molar-refractivity contribution in [1.29, 1.82) is 0 Å². The molecule has 4 N–H and O–H groups in total. The van der Waals surface area contributed by atoms with Gasteiger partial charge in [-0.3, -0.25) is 9.59 Å². The van der Waals surface area contributed by atoms with Crippen LogP contribution in [0.25, 0.3) is 0 Å². The van der Waals surface area contributed by atoms with Crippen LogP contribution in [0.15, 0.2) is 12.1 Å². The Morgan fingerprint density at radius 3 is 2.39 bits per heavy atom. The number of carbonyl (C=O) groups excluding carboxylic acids is 2. The summed E-state index contributed by atoms with van der Waals surface area (Å²) in [5, 5.41) is 0. The van der Waals surface area contributed by atoms with Crippen molar-refractivity contribution in [3.8, 4) is 0 Å². The summed E-state index contributed by atoms with van der Waals surface area (Å²) in [4.78, 5) is 23.7. The number of hydrogen-bond acceptors (Lipinski definition) is 3. The molecule has 0 saturated heterocycles. The van der Waals surface area contributed by atoms with E-state index in [0.29, 0.717) is 6.07 Å². The van der Waals surface area contributed by atoms with Crippen molar-refractivity contribution in [3.63, 3.8) is 0 Å². The van der Waals surface area contributed by atoms with Crippen LogP contribution in [0.5, 0.6) is 0 Å². The molecule has 0 fully saturated rings. The summed E-state index contributed by atoms with van der Waals surface area (Å²) in [7, 11) is 0. The molecule has 0 aliphatic heterocycles. The van der Waals surface area contributed by atoms with Crippen molar-refractivity contribution in [1.82, 2.24) is 4.90 Å². The molecule has 18 heavy (non-hydrogen) atoms. The molecule has 2 amide bonds. The quantitative estimate of drug-likeness (QED) is 0.769. The summed E-state index contributed by atoms with van der Waals surface area (Å²) in [6, 6.07) is 1.43. The van der Waals surface area contributed by atoms with Gasteiger partial charge in [0.1, 0.15) is 11.6 Å². The molecule has 1 rings (SSSR count). The Kier molecular flexibility index (Phi) is 4.19. The monoisotopic (exact) mass is 257 g/mol. The summed E-state index contributed by atoms with van der Waals surface area (Å²) >= 11 is 0. The number of benzene rings is 1. The van der Waals surface area contributed by atoms with Gasteiger partial charge in [0.25, 0.3) is 5.91 Å². The minimum absolute atomic E-state index is 0.165. The van der Waals surface area contributed by atoms with E-state index in [9.17, 15) is 18.4 Å².